The molecule has 1 aromatic carbocycles. The SMILES string of the molecule is CC(C)(CC1CCCC1)Sc1ccc([O])cc1. The summed E-state index contributed by atoms with van der Waals surface area (Å²) in [7, 11) is 0. The lowest BCUT2D eigenvalue weighted by Gasteiger charge is -2.27. The summed E-state index contributed by atoms with van der Waals surface area (Å²) < 4.78 is 0.277. The van der Waals surface area contributed by atoms with Gasteiger partial charge in [-0.15, -0.1) is 11.8 Å². The van der Waals surface area contributed by atoms with Crippen molar-refractivity contribution in [2.75, 3.05) is 0 Å². The van der Waals surface area contributed by atoms with Gasteiger partial charge in [-0.1, -0.05) is 39.5 Å². The molecule has 0 aliphatic heterocycles. The average Bonchev–Trinajstić information content (AvgIpc) is 2.73. The van der Waals surface area contributed by atoms with E-state index in [1.807, 2.05) is 23.9 Å². The first-order chi connectivity index (χ1) is 8.05. The molecule has 1 aromatic rings. The van der Waals surface area contributed by atoms with Crippen LogP contribution in [0.4, 0.5) is 0 Å². The molecule has 1 nitrogen and oxygen atoms in total. The van der Waals surface area contributed by atoms with E-state index in [1.165, 1.54) is 37.0 Å². The van der Waals surface area contributed by atoms with Crippen molar-refractivity contribution < 1.29 is 5.11 Å². The quantitative estimate of drug-likeness (QED) is 0.664. The lowest BCUT2D eigenvalue weighted by Crippen LogP contribution is -2.18. The van der Waals surface area contributed by atoms with Gasteiger partial charge in [0.05, 0.1) is 0 Å². The Hall–Kier alpha value is -0.630. The maximum atomic E-state index is 11.1. The van der Waals surface area contributed by atoms with Gasteiger partial charge in [-0.2, -0.15) is 0 Å². The molecule has 1 radical (unpaired) electrons. The van der Waals surface area contributed by atoms with Crippen molar-refractivity contribution in [1.82, 2.24) is 0 Å². The number of hydrogen-bond donors (Lipinski definition) is 0. The Bertz CT molecular complexity index is 350. The number of hydrogen-bond acceptors (Lipinski definition) is 1. The van der Waals surface area contributed by atoms with Gasteiger partial charge in [0.15, 0.2) is 5.75 Å². The Labute approximate surface area is 109 Å². The zero-order valence-electron chi connectivity index (χ0n) is 10.7. The monoisotopic (exact) mass is 249 g/mol. The second-order valence-electron chi connectivity index (χ2n) is 5.69. The third kappa shape index (κ3) is 3.95. The minimum absolute atomic E-state index is 0.1000. The Morgan fingerprint density at radius 3 is 2.35 bits per heavy atom. The molecule has 0 spiro atoms. The molecular formula is C15H21OS. The first-order valence-corrected chi connectivity index (χ1v) is 7.33. The molecule has 0 amide bonds. The first-order valence-electron chi connectivity index (χ1n) is 6.51. The predicted octanol–water partition coefficient (Wildman–Crippen LogP) is 5.28. The zero-order valence-corrected chi connectivity index (χ0v) is 11.6. The van der Waals surface area contributed by atoms with Gasteiger partial charge in [-0.05, 0) is 36.6 Å². The lowest BCUT2D eigenvalue weighted by atomic mass is 9.95. The van der Waals surface area contributed by atoms with Crippen LogP contribution < -0.4 is 0 Å². The minimum Gasteiger partial charge on any atom is -0.290 e. The van der Waals surface area contributed by atoms with Crippen LogP contribution in [0.25, 0.3) is 0 Å². The van der Waals surface area contributed by atoms with Gasteiger partial charge in [-0.25, -0.2) is 0 Å². The molecular weight excluding hydrogens is 228 g/mol. The summed E-state index contributed by atoms with van der Waals surface area (Å²) in [5.74, 6) is 1.01. The van der Waals surface area contributed by atoms with Crippen LogP contribution in [0.15, 0.2) is 29.2 Å². The first kappa shape index (κ1) is 12.8. The van der Waals surface area contributed by atoms with E-state index >= 15 is 0 Å². The Morgan fingerprint density at radius 1 is 1.18 bits per heavy atom. The Morgan fingerprint density at radius 2 is 1.76 bits per heavy atom. The summed E-state index contributed by atoms with van der Waals surface area (Å²) in [5.41, 5.74) is 0. The highest BCUT2D eigenvalue weighted by molar-refractivity contribution is 8.00. The third-order valence-corrected chi connectivity index (χ3v) is 4.70. The summed E-state index contributed by atoms with van der Waals surface area (Å²) in [6.45, 7) is 4.64. The molecule has 0 aromatic heterocycles. The molecule has 93 valence electrons. The maximum Gasteiger partial charge on any atom is 0.178 e. The second-order valence-corrected chi connectivity index (χ2v) is 7.47. The zero-order chi connectivity index (χ0) is 12.3. The van der Waals surface area contributed by atoms with Crippen molar-refractivity contribution in [3.63, 3.8) is 0 Å². The molecule has 2 rings (SSSR count). The van der Waals surface area contributed by atoms with Crippen LogP contribution in [0, 0.1) is 5.92 Å². The molecule has 2 heteroatoms. The summed E-state index contributed by atoms with van der Waals surface area (Å²) in [4.78, 5) is 1.22. The molecule has 0 heterocycles. The fraction of sp³-hybridized carbons (Fsp3) is 0.600. The van der Waals surface area contributed by atoms with Crippen molar-refractivity contribution >= 4 is 11.8 Å². The van der Waals surface area contributed by atoms with Gasteiger partial charge in [0.2, 0.25) is 0 Å². The largest absolute Gasteiger partial charge is 0.290 e. The highest BCUT2D eigenvalue weighted by Gasteiger charge is 2.26. The van der Waals surface area contributed by atoms with Crippen molar-refractivity contribution in [3.05, 3.63) is 24.3 Å². The van der Waals surface area contributed by atoms with Crippen LogP contribution in [-0.4, -0.2) is 4.75 Å². The minimum atomic E-state index is 0.1000. The van der Waals surface area contributed by atoms with Crippen LogP contribution in [0.5, 0.6) is 5.75 Å². The maximum absolute atomic E-state index is 11.1. The standard InChI is InChI=1S/C15H21OS/c1-15(2,11-12-5-3-4-6-12)17-14-9-7-13(16)8-10-14/h7-10,12H,3-6,11H2,1-2H3. The van der Waals surface area contributed by atoms with Gasteiger partial charge in [0.25, 0.3) is 0 Å². The molecule has 1 aliphatic rings. The third-order valence-electron chi connectivity index (χ3n) is 3.47. The fourth-order valence-corrected chi connectivity index (χ4v) is 4.01. The summed E-state index contributed by atoms with van der Waals surface area (Å²) in [6.07, 6.45) is 6.93. The van der Waals surface area contributed by atoms with Crippen LogP contribution in [0.2, 0.25) is 0 Å². The Kier molecular flexibility index (Phi) is 4.03. The van der Waals surface area contributed by atoms with Crippen molar-refractivity contribution in [2.24, 2.45) is 5.92 Å². The van der Waals surface area contributed by atoms with E-state index < -0.39 is 0 Å². The molecule has 1 saturated carbocycles. The molecule has 0 N–H and O–H groups in total. The topological polar surface area (TPSA) is 19.9 Å². The van der Waals surface area contributed by atoms with Crippen molar-refractivity contribution in [1.29, 1.82) is 0 Å². The summed E-state index contributed by atoms with van der Waals surface area (Å²) in [6, 6.07) is 7.22. The van der Waals surface area contributed by atoms with Gasteiger partial charge < -0.3 is 0 Å². The average molecular weight is 249 g/mol. The van der Waals surface area contributed by atoms with Gasteiger partial charge in [0.1, 0.15) is 0 Å². The van der Waals surface area contributed by atoms with Crippen LogP contribution in [-0.2, 0) is 5.11 Å². The Balaban J connectivity index is 1.93. The van der Waals surface area contributed by atoms with Crippen molar-refractivity contribution in [2.45, 2.75) is 55.6 Å². The highest BCUT2D eigenvalue weighted by atomic mass is 32.2. The van der Waals surface area contributed by atoms with Crippen molar-refractivity contribution in [3.8, 4) is 5.75 Å². The smallest absolute Gasteiger partial charge is 0.178 e. The molecule has 0 unspecified atom stereocenters. The lowest BCUT2D eigenvalue weighted by molar-refractivity contribution is 0.354. The van der Waals surface area contributed by atoms with Crippen LogP contribution in [0.3, 0.4) is 0 Å². The summed E-state index contributed by atoms with van der Waals surface area (Å²) >= 11 is 1.90. The normalized spacial score (nSPS) is 17.5. The number of rotatable bonds is 4. The second kappa shape index (κ2) is 5.34. The fourth-order valence-electron chi connectivity index (χ4n) is 2.78. The predicted molar refractivity (Wildman–Crippen MR) is 73.1 cm³/mol. The number of benzene rings is 1. The highest BCUT2D eigenvalue weighted by Crippen LogP contribution is 2.41. The molecule has 0 atom stereocenters. The number of thioether (sulfide) groups is 1. The molecule has 0 saturated heterocycles. The van der Waals surface area contributed by atoms with Gasteiger partial charge in [0, 0.05) is 9.64 Å². The van der Waals surface area contributed by atoms with E-state index in [0.29, 0.717) is 0 Å². The van der Waals surface area contributed by atoms with E-state index in [-0.39, 0.29) is 10.5 Å². The molecule has 1 fully saturated rings. The van der Waals surface area contributed by atoms with E-state index in [2.05, 4.69) is 13.8 Å². The molecule has 1 aliphatic carbocycles. The molecule has 17 heavy (non-hydrogen) atoms. The van der Waals surface area contributed by atoms with E-state index in [1.54, 1.807) is 12.1 Å². The van der Waals surface area contributed by atoms with E-state index in [0.717, 1.165) is 5.92 Å². The van der Waals surface area contributed by atoms with E-state index in [4.69, 9.17) is 0 Å². The van der Waals surface area contributed by atoms with Gasteiger partial charge in [-0.3, -0.25) is 5.11 Å². The summed E-state index contributed by atoms with van der Waals surface area (Å²) in [5, 5.41) is 11.1. The van der Waals surface area contributed by atoms with Crippen LogP contribution >= 0.6 is 11.8 Å². The van der Waals surface area contributed by atoms with Gasteiger partial charge >= 0.3 is 0 Å². The van der Waals surface area contributed by atoms with Crippen LogP contribution in [0.1, 0.15) is 46.0 Å². The van der Waals surface area contributed by atoms with E-state index in [9.17, 15) is 5.11 Å². The molecule has 0 bridgehead atoms.